The van der Waals surface area contributed by atoms with Gasteiger partial charge in [0.05, 0.1) is 12.5 Å². The number of carbonyl (C=O) groups excluding carboxylic acids is 1. The SMILES string of the molecule is O=C(O)CC(=O)c1cccc(Cl)c1.O=C(O)C[C@H](O)c1cccc(Cl)c1. The van der Waals surface area contributed by atoms with Crippen LogP contribution in [0.25, 0.3) is 0 Å². The van der Waals surface area contributed by atoms with Crippen LogP contribution in [0.3, 0.4) is 0 Å². The normalized spacial score (nSPS) is 11.0. The summed E-state index contributed by atoms with van der Waals surface area (Å²) in [6.07, 6.45) is -1.79. The van der Waals surface area contributed by atoms with Gasteiger partial charge in [-0.05, 0) is 29.8 Å². The fourth-order valence-electron chi connectivity index (χ4n) is 1.90. The molecule has 0 aromatic heterocycles. The number of rotatable bonds is 6. The fraction of sp³-hybridized carbons (Fsp3) is 0.167. The molecule has 0 heterocycles. The molecule has 0 amide bonds. The number of halogens is 2. The number of carboxylic acids is 2. The number of Topliss-reactive ketones (excluding diaryl/α,β-unsaturated/α-hetero) is 1. The van der Waals surface area contributed by atoms with Crippen LogP contribution in [0, 0.1) is 0 Å². The van der Waals surface area contributed by atoms with E-state index >= 15 is 0 Å². The molecule has 0 unspecified atom stereocenters. The van der Waals surface area contributed by atoms with Crippen molar-refractivity contribution in [2.45, 2.75) is 18.9 Å². The molecule has 3 N–H and O–H groups in total. The largest absolute Gasteiger partial charge is 0.481 e. The lowest BCUT2D eigenvalue weighted by atomic mass is 10.1. The third kappa shape index (κ3) is 8.11. The summed E-state index contributed by atoms with van der Waals surface area (Å²) in [4.78, 5) is 31.7. The first-order valence-corrected chi connectivity index (χ1v) is 8.10. The van der Waals surface area contributed by atoms with Crippen molar-refractivity contribution < 1.29 is 29.7 Å². The number of aliphatic hydroxyl groups excluding tert-OH is 1. The molecule has 2 aromatic rings. The Morgan fingerprint density at radius 2 is 1.46 bits per heavy atom. The van der Waals surface area contributed by atoms with Crippen molar-refractivity contribution in [3.8, 4) is 0 Å². The van der Waals surface area contributed by atoms with Gasteiger partial charge in [0.25, 0.3) is 0 Å². The Balaban J connectivity index is 0.000000260. The number of carboxylic acid groups (broad SMARTS) is 2. The van der Waals surface area contributed by atoms with Crippen LogP contribution in [0.4, 0.5) is 0 Å². The zero-order chi connectivity index (χ0) is 19.7. The van der Waals surface area contributed by atoms with Crippen LogP contribution >= 0.6 is 23.2 Å². The maximum atomic E-state index is 11.2. The first-order valence-electron chi connectivity index (χ1n) is 7.35. The average Bonchev–Trinajstić information content (AvgIpc) is 2.54. The molecule has 0 spiro atoms. The minimum atomic E-state index is -1.13. The fourth-order valence-corrected chi connectivity index (χ4v) is 2.29. The van der Waals surface area contributed by atoms with Gasteiger partial charge >= 0.3 is 11.9 Å². The van der Waals surface area contributed by atoms with Gasteiger partial charge in [0.15, 0.2) is 5.78 Å². The zero-order valence-corrected chi connectivity index (χ0v) is 14.9. The predicted molar refractivity (Wildman–Crippen MR) is 96.7 cm³/mol. The van der Waals surface area contributed by atoms with E-state index in [9.17, 15) is 19.5 Å². The van der Waals surface area contributed by atoms with Crippen molar-refractivity contribution >= 4 is 40.9 Å². The molecule has 2 rings (SSSR count). The van der Waals surface area contributed by atoms with Gasteiger partial charge in [0.2, 0.25) is 0 Å². The summed E-state index contributed by atoms with van der Waals surface area (Å²) in [5.74, 6) is -2.60. The lowest BCUT2D eigenvalue weighted by Gasteiger charge is -2.07. The Morgan fingerprint density at radius 3 is 1.96 bits per heavy atom. The monoisotopic (exact) mass is 398 g/mol. The number of ketones is 1. The number of benzene rings is 2. The topological polar surface area (TPSA) is 112 Å². The highest BCUT2D eigenvalue weighted by Gasteiger charge is 2.12. The van der Waals surface area contributed by atoms with Crippen LogP contribution in [0.5, 0.6) is 0 Å². The highest BCUT2D eigenvalue weighted by molar-refractivity contribution is 6.31. The molecule has 0 bridgehead atoms. The number of carbonyl (C=O) groups is 3. The summed E-state index contributed by atoms with van der Waals surface area (Å²) >= 11 is 11.3. The van der Waals surface area contributed by atoms with Crippen LogP contribution in [0.2, 0.25) is 10.0 Å². The first-order chi connectivity index (χ1) is 12.2. The maximum Gasteiger partial charge on any atom is 0.311 e. The quantitative estimate of drug-likeness (QED) is 0.503. The smallest absolute Gasteiger partial charge is 0.311 e. The Hall–Kier alpha value is -2.41. The van der Waals surface area contributed by atoms with E-state index in [4.69, 9.17) is 33.4 Å². The average molecular weight is 399 g/mol. The predicted octanol–water partition coefficient (Wildman–Crippen LogP) is 3.85. The Morgan fingerprint density at radius 1 is 0.885 bits per heavy atom. The lowest BCUT2D eigenvalue weighted by molar-refractivity contribution is -0.139. The summed E-state index contributed by atoms with van der Waals surface area (Å²) in [7, 11) is 0. The summed E-state index contributed by atoms with van der Waals surface area (Å²) in [6.45, 7) is 0. The molecule has 138 valence electrons. The van der Waals surface area contributed by atoms with Crippen molar-refractivity contribution in [3.63, 3.8) is 0 Å². The van der Waals surface area contributed by atoms with E-state index in [0.717, 1.165) is 0 Å². The molecule has 1 atom stereocenters. The van der Waals surface area contributed by atoms with Crippen molar-refractivity contribution in [2.75, 3.05) is 0 Å². The summed E-state index contributed by atoms with van der Waals surface area (Å²) in [5, 5.41) is 27.1. The molecule has 2 aromatic carbocycles. The second kappa shape index (κ2) is 10.6. The van der Waals surface area contributed by atoms with Gasteiger partial charge in [-0.2, -0.15) is 0 Å². The number of hydrogen-bond acceptors (Lipinski definition) is 4. The molecule has 6 nitrogen and oxygen atoms in total. The minimum absolute atomic E-state index is 0.305. The molecule has 0 aliphatic heterocycles. The number of aliphatic carboxylic acids is 2. The lowest BCUT2D eigenvalue weighted by Crippen LogP contribution is -2.06. The molecule has 8 heteroatoms. The molecule has 0 radical (unpaired) electrons. The van der Waals surface area contributed by atoms with Crippen molar-refractivity contribution in [3.05, 3.63) is 69.7 Å². The van der Waals surface area contributed by atoms with Crippen LogP contribution < -0.4 is 0 Å². The first kappa shape index (κ1) is 21.6. The van der Waals surface area contributed by atoms with E-state index < -0.39 is 30.2 Å². The van der Waals surface area contributed by atoms with Crippen LogP contribution in [0.1, 0.15) is 34.9 Å². The Labute approximate surface area is 159 Å². The summed E-state index contributed by atoms with van der Waals surface area (Å²) < 4.78 is 0. The van der Waals surface area contributed by atoms with E-state index in [-0.39, 0.29) is 6.42 Å². The van der Waals surface area contributed by atoms with Crippen molar-refractivity contribution in [1.29, 1.82) is 0 Å². The van der Waals surface area contributed by atoms with E-state index in [0.29, 0.717) is 21.2 Å². The van der Waals surface area contributed by atoms with Gasteiger partial charge in [-0.25, -0.2) is 0 Å². The standard InChI is InChI=1S/C9H9ClO3.C9H7ClO3/c2*10-7-3-1-2-6(4-7)8(11)5-9(12)13/h1-4,8,11H,5H2,(H,12,13);1-4H,5H2,(H,12,13)/t8-;/m0./s1. The molecule has 26 heavy (non-hydrogen) atoms. The third-order valence-corrected chi connectivity index (χ3v) is 3.53. The zero-order valence-electron chi connectivity index (χ0n) is 13.4. The molecule has 0 aliphatic carbocycles. The molecular formula is C18H16Cl2O6. The second-order valence-corrected chi connectivity index (χ2v) is 6.05. The van der Waals surface area contributed by atoms with Crippen molar-refractivity contribution in [2.24, 2.45) is 0 Å². The van der Waals surface area contributed by atoms with Crippen LogP contribution in [-0.2, 0) is 9.59 Å². The Bertz CT molecular complexity index is 791. The van der Waals surface area contributed by atoms with Crippen molar-refractivity contribution in [1.82, 2.24) is 0 Å². The van der Waals surface area contributed by atoms with Gasteiger partial charge < -0.3 is 15.3 Å². The summed E-state index contributed by atoms with van der Waals surface area (Å²) in [6, 6.07) is 12.7. The van der Waals surface area contributed by atoms with Gasteiger partial charge in [0.1, 0.15) is 6.42 Å². The van der Waals surface area contributed by atoms with Gasteiger partial charge in [-0.15, -0.1) is 0 Å². The maximum absolute atomic E-state index is 11.2. The second-order valence-electron chi connectivity index (χ2n) is 5.17. The van der Waals surface area contributed by atoms with Gasteiger partial charge in [-0.1, -0.05) is 47.5 Å². The molecule has 0 aliphatic rings. The highest BCUT2D eigenvalue weighted by atomic mass is 35.5. The van der Waals surface area contributed by atoms with E-state index in [1.807, 2.05) is 0 Å². The Kier molecular flexibility index (Phi) is 8.78. The molecule has 0 saturated heterocycles. The molecule has 0 saturated carbocycles. The highest BCUT2D eigenvalue weighted by Crippen LogP contribution is 2.19. The van der Waals surface area contributed by atoms with Crippen LogP contribution in [-0.4, -0.2) is 33.0 Å². The molecular weight excluding hydrogens is 383 g/mol. The number of aliphatic hydroxyl groups is 1. The third-order valence-electron chi connectivity index (χ3n) is 3.06. The van der Waals surface area contributed by atoms with Gasteiger partial charge in [-0.3, -0.25) is 14.4 Å². The van der Waals surface area contributed by atoms with Crippen LogP contribution in [0.15, 0.2) is 48.5 Å². The van der Waals surface area contributed by atoms with E-state index in [1.165, 1.54) is 12.1 Å². The molecule has 0 fully saturated rings. The number of hydrogen-bond donors (Lipinski definition) is 3. The minimum Gasteiger partial charge on any atom is -0.481 e. The summed E-state index contributed by atoms with van der Waals surface area (Å²) in [5.41, 5.74) is 0.852. The van der Waals surface area contributed by atoms with E-state index in [2.05, 4.69) is 0 Å². The van der Waals surface area contributed by atoms with E-state index in [1.54, 1.807) is 36.4 Å². The van der Waals surface area contributed by atoms with Gasteiger partial charge in [0, 0.05) is 15.6 Å².